The molecule has 0 unspecified atom stereocenters. The van der Waals surface area contributed by atoms with Gasteiger partial charge in [-0.15, -0.1) is 0 Å². The van der Waals surface area contributed by atoms with E-state index in [1.165, 1.54) is 9.13 Å². The van der Waals surface area contributed by atoms with Crippen molar-refractivity contribution in [3.63, 3.8) is 0 Å². The molecular formula is C10H11I. The van der Waals surface area contributed by atoms with Gasteiger partial charge in [0.05, 0.1) is 0 Å². The molecule has 11 heavy (non-hydrogen) atoms. The van der Waals surface area contributed by atoms with E-state index < -0.39 is 0 Å². The molecule has 0 aliphatic rings. The zero-order valence-electron chi connectivity index (χ0n) is 6.55. The van der Waals surface area contributed by atoms with Gasteiger partial charge in [0.2, 0.25) is 0 Å². The van der Waals surface area contributed by atoms with Crippen molar-refractivity contribution in [1.29, 1.82) is 0 Å². The van der Waals surface area contributed by atoms with Gasteiger partial charge in [-0.25, -0.2) is 0 Å². The van der Waals surface area contributed by atoms with Crippen LogP contribution in [0.1, 0.15) is 12.5 Å². The molecule has 0 bridgehead atoms. The lowest BCUT2D eigenvalue weighted by Crippen LogP contribution is -1.84. The lowest BCUT2D eigenvalue weighted by Gasteiger charge is -1.98. The van der Waals surface area contributed by atoms with Crippen molar-refractivity contribution in [3.8, 4) is 0 Å². The predicted molar refractivity (Wildman–Crippen MR) is 57.7 cm³/mol. The van der Waals surface area contributed by atoms with Crippen molar-refractivity contribution in [3.05, 3.63) is 45.6 Å². The number of allylic oxidation sites excluding steroid dienone is 2. The topological polar surface area (TPSA) is 0 Å². The first-order chi connectivity index (χ1) is 5.34. The Morgan fingerprint density at radius 2 is 2.09 bits per heavy atom. The molecular weight excluding hydrogens is 247 g/mol. The van der Waals surface area contributed by atoms with Gasteiger partial charge in [-0.05, 0) is 47.6 Å². The zero-order valence-corrected chi connectivity index (χ0v) is 8.71. The SMILES string of the molecule is C/C=C/Cc1ccccc1I. The molecule has 1 heteroatoms. The summed E-state index contributed by atoms with van der Waals surface area (Å²) in [4.78, 5) is 0. The van der Waals surface area contributed by atoms with Crippen LogP contribution < -0.4 is 0 Å². The van der Waals surface area contributed by atoms with Crippen LogP contribution in [0.2, 0.25) is 0 Å². The Bertz CT molecular complexity index is 251. The van der Waals surface area contributed by atoms with Gasteiger partial charge in [0.1, 0.15) is 0 Å². The second-order valence-electron chi connectivity index (χ2n) is 2.36. The molecule has 0 amide bonds. The van der Waals surface area contributed by atoms with Crippen LogP contribution in [0.4, 0.5) is 0 Å². The fourth-order valence-corrected chi connectivity index (χ4v) is 1.52. The monoisotopic (exact) mass is 258 g/mol. The van der Waals surface area contributed by atoms with Crippen LogP contribution in [-0.4, -0.2) is 0 Å². The molecule has 1 aromatic carbocycles. The van der Waals surface area contributed by atoms with Crippen LogP contribution in [0.15, 0.2) is 36.4 Å². The zero-order chi connectivity index (χ0) is 8.10. The normalized spacial score (nSPS) is 10.7. The summed E-state index contributed by atoms with van der Waals surface area (Å²) >= 11 is 2.37. The third kappa shape index (κ3) is 2.66. The highest BCUT2D eigenvalue weighted by molar-refractivity contribution is 14.1. The summed E-state index contributed by atoms with van der Waals surface area (Å²) in [7, 11) is 0. The van der Waals surface area contributed by atoms with Crippen LogP contribution in [0.3, 0.4) is 0 Å². The molecule has 0 aliphatic carbocycles. The first kappa shape index (κ1) is 8.78. The first-order valence-electron chi connectivity index (χ1n) is 3.69. The van der Waals surface area contributed by atoms with E-state index in [-0.39, 0.29) is 0 Å². The maximum atomic E-state index is 2.37. The van der Waals surface area contributed by atoms with E-state index in [9.17, 15) is 0 Å². The molecule has 1 aromatic rings. The minimum atomic E-state index is 1.05. The van der Waals surface area contributed by atoms with Crippen LogP contribution in [0.25, 0.3) is 0 Å². The molecule has 0 fully saturated rings. The number of hydrogen-bond acceptors (Lipinski definition) is 0. The minimum Gasteiger partial charge on any atom is -0.0913 e. The standard InChI is InChI=1S/C10H11I/c1-2-3-6-9-7-4-5-8-10(9)11/h2-5,7-8H,6H2,1H3/b3-2+. The van der Waals surface area contributed by atoms with Crippen molar-refractivity contribution in [1.82, 2.24) is 0 Å². The molecule has 58 valence electrons. The molecule has 0 aromatic heterocycles. The first-order valence-corrected chi connectivity index (χ1v) is 4.77. The molecule has 1 rings (SSSR count). The Morgan fingerprint density at radius 1 is 1.36 bits per heavy atom. The van der Waals surface area contributed by atoms with E-state index >= 15 is 0 Å². The molecule has 0 spiro atoms. The summed E-state index contributed by atoms with van der Waals surface area (Å²) in [6.45, 7) is 2.05. The van der Waals surface area contributed by atoms with E-state index in [0.717, 1.165) is 6.42 Å². The van der Waals surface area contributed by atoms with Crippen molar-refractivity contribution in [2.75, 3.05) is 0 Å². The molecule has 0 atom stereocenters. The van der Waals surface area contributed by atoms with E-state index in [0.29, 0.717) is 0 Å². The molecule has 0 nitrogen and oxygen atoms in total. The predicted octanol–water partition coefficient (Wildman–Crippen LogP) is 3.41. The molecule has 0 saturated heterocycles. The molecule has 0 aliphatic heterocycles. The van der Waals surface area contributed by atoms with Crippen LogP contribution in [0.5, 0.6) is 0 Å². The van der Waals surface area contributed by atoms with Gasteiger partial charge >= 0.3 is 0 Å². The van der Waals surface area contributed by atoms with Gasteiger partial charge in [0.25, 0.3) is 0 Å². The number of benzene rings is 1. The Labute approximate surface area is 81.5 Å². The summed E-state index contributed by atoms with van der Waals surface area (Å²) in [5, 5.41) is 0. The second-order valence-corrected chi connectivity index (χ2v) is 3.53. The van der Waals surface area contributed by atoms with Crippen molar-refractivity contribution >= 4 is 22.6 Å². The number of rotatable bonds is 2. The van der Waals surface area contributed by atoms with Gasteiger partial charge in [-0.2, -0.15) is 0 Å². The Balaban J connectivity index is 2.77. The molecule has 0 heterocycles. The maximum absolute atomic E-state index is 2.37. The highest BCUT2D eigenvalue weighted by atomic mass is 127. The van der Waals surface area contributed by atoms with Crippen LogP contribution in [0, 0.1) is 3.57 Å². The summed E-state index contributed by atoms with van der Waals surface area (Å²) < 4.78 is 1.35. The van der Waals surface area contributed by atoms with Crippen molar-refractivity contribution < 1.29 is 0 Å². The van der Waals surface area contributed by atoms with Gasteiger partial charge in [-0.3, -0.25) is 0 Å². The molecule has 0 radical (unpaired) electrons. The number of hydrogen-bond donors (Lipinski definition) is 0. The Morgan fingerprint density at radius 3 is 2.73 bits per heavy atom. The third-order valence-electron chi connectivity index (χ3n) is 1.53. The summed E-state index contributed by atoms with van der Waals surface area (Å²) in [6.07, 6.45) is 5.32. The smallest absolute Gasteiger partial charge is 0.0165 e. The molecule has 0 saturated carbocycles. The van der Waals surface area contributed by atoms with Crippen LogP contribution >= 0.6 is 22.6 Å². The Kier molecular flexibility index (Phi) is 3.63. The van der Waals surface area contributed by atoms with E-state index in [4.69, 9.17) is 0 Å². The van der Waals surface area contributed by atoms with Crippen LogP contribution in [-0.2, 0) is 6.42 Å². The van der Waals surface area contributed by atoms with Crippen molar-refractivity contribution in [2.24, 2.45) is 0 Å². The van der Waals surface area contributed by atoms with Gasteiger partial charge in [0, 0.05) is 3.57 Å². The Hall–Kier alpha value is -0.310. The van der Waals surface area contributed by atoms with Gasteiger partial charge in [-0.1, -0.05) is 30.4 Å². The lowest BCUT2D eigenvalue weighted by molar-refractivity contribution is 1.24. The maximum Gasteiger partial charge on any atom is 0.0165 e. The lowest BCUT2D eigenvalue weighted by atomic mass is 10.1. The van der Waals surface area contributed by atoms with E-state index in [1.807, 2.05) is 0 Å². The van der Waals surface area contributed by atoms with E-state index in [2.05, 4.69) is 65.9 Å². The summed E-state index contributed by atoms with van der Waals surface area (Å²) in [5.41, 5.74) is 1.41. The second kappa shape index (κ2) is 4.54. The highest BCUT2D eigenvalue weighted by Gasteiger charge is 1.93. The van der Waals surface area contributed by atoms with E-state index in [1.54, 1.807) is 0 Å². The van der Waals surface area contributed by atoms with Gasteiger partial charge < -0.3 is 0 Å². The average molecular weight is 258 g/mol. The average Bonchev–Trinajstić information content (AvgIpc) is 2.03. The fraction of sp³-hybridized carbons (Fsp3) is 0.200. The third-order valence-corrected chi connectivity index (χ3v) is 2.58. The van der Waals surface area contributed by atoms with Crippen molar-refractivity contribution in [2.45, 2.75) is 13.3 Å². The minimum absolute atomic E-state index is 1.05. The highest BCUT2D eigenvalue weighted by Crippen LogP contribution is 2.11. The fourth-order valence-electron chi connectivity index (χ4n) is 0.909. The summed E-state index contributed by atoms with van der Waals surface area (Å²) in [5.74, 6) is 0. The molecule has 0 N–H and O–H groups in total. The quantitative estimate of drug-likeness (QED) is 0.563. The largest absolute Gasteiger partial charge is 0.0913 e. The van der Waals surface area contributed by atoms with Gasteiger partial charge in [0.15, 0.2) is 0 Å². The number of halogens is 1. The summed E-state index contributed by atoms with van der Waals surface area (Å²) in [6, 6.07) is 8.46.